The van der Waals surface area contributed by atoms with Crippen molar-refractivity contribution in [2.45, 2.75) is 51.4 Å². The second-order valence-electron chi connectivity index (χ2n) is 8.45. The van der Waals surface area contributed by atoms with Crippen molar-refractivity contribution in [3.8, 4) is 5.75 Å². The summed E-state index contributed by atoms with van der Waals surface area (Å²) in [4.78, 5) is 40.2. The van der Waals surface area contributed by atoms with Crippen LogP contribution in [0, 0.1) is 17.5 Å². The van der Waals surface area contributed by atoms with Crippen LogP contribution in [-0.2, 0) is 11.3 Å². The predicted octanol–water partition coefficient (Wildman–Crippen LogP) is 2.49. The van der Waals surface area contributed by atoms with Gasteiger partial charge >= 0.3 is 0 Å². The van der Waals surface area contributed by atoms with Crippen LogP contribution < -0.4 is 10.7 Å². The Hall–Kier alpha value is -3.34. The van der Waals surface area contributed by atoms with E-state index in [4.69, 9.17) is 4.74 Å². The summed E-state index contributed by atoms with van der Waals surface area (Å²) in [7, 11) is 0. The first-order valence-corrected chi connectivity index (χ1v) is 11.0. The molecule has 2 bridgehead atoms. The molecular formula is C23H24F3N3O5. The van der Waals surface area contributed by atoms with Gasteiger partial charge in [0.15, 0.2) is 11.4 Å². The van der Waals surface area contributed by atoms with Gasteiger partial charge in [-0.2, -0.15) is 0 Å². The highest BCUT2D eigenvalue weighted by molar-refractivity contribution is 5.99. The van der Waals surface area contributed by atoms with Crippen molar-refractivity contribution in [3.05, 3.63) is 62.8 Å². The van der Waals surface area contributed by atoms with Crippen molar-refractivity contribution in [1.82, 2.24) is 14.8 Å². The lowest BCUT2D eigenvalue weighted by molar-refractivity contribution is 0.0111. The van der Waals surface area contributed by atoms with Gasteiger partial charge in [0.1, 0.15) is 23.0 Å². The van der Waals surface area contributed by atoms with E-state index in [1.807, 2.05) is 13.8 Å². The lowest BCUT2D eigenvalue weighted by Gasteiger charge is -2.38. The molecule has 0 aliphatic carbocycles. The highest BCUT2D eigenvalue weighted by Crippen LogP contribution is 2.35. The van der Waals surface area contributed by atoms with E-state index >= 15 is 0 Å². The zero-order valence-corrected chi connectivity index (χ0v) is 18.6. The molecule has 8 nitrogen and oxygen atoms in total. The van der Waals surface area contributed by atoms with E-state index in [0.717, 1.165) is 0 Å². The average molecular weight is 479 g/mol. The van der Waals surface area contributed by atoms with Gasteiger partial charge in [0, 0.05) is 49.6 Å². The highest BCUT2D eigenvalue weighted by Gasteiger charge is 2.42. The monoisotopic (exact) mass is 479 g/mol. The maximum Gasteiger partial charge on any atom is 0.274 e. The van der Waals surface area contributed by atoms with E-state index < -0.39 is 64.2 Å². The molecule has 2 aliphatic heterocycles. The summed E-state index contributed by atoms with van der Waals surface area (Å²) < 4.78 is 48.2. The van der Waals surface area contributed by atoms with Crippen molar-refractivity contribution >= 4 is 11.8 Å². The number of ether oxygens (including phenoxy) is 1. The van der Waals surface area contributed by atoms with Gasteiger partial charge in [0.05, 0.1) is 12.1 Å². The van der Waals surface area contributed by atoms with E-state index in [2.05, 4.69) is 5.32 Å². The average Bonchev–Trinajstić information content (AvgIpc) is 2.91. The van der Waals surface area contributed by atoms with Crippen molar-refractivity contribution in [1.29, 1.82) is 0 Å². The lowest BCUT2D eigenvalue weighted by atomic mass is 10.0. The molecule has 1 unspecified atom stereocenters. The van der Waals surface area contributed by atoms with Crippen molar-refractivity contribution in [2.75, 3.05) is 13.2 Å². The Kier molecular flexibility index (Phi) is 6.39. The van der Waals surface area contributed by atoms with Gasteiger partial charge in [0.25, 0.3) is 11.8 Å². The van der Waals surface area contributed by atoms with Crippen molar-refractivity contribution in [2.24, 2.45) is 0 Å². The summed E-state index contributed by atoms with van der Waals surface area (Å²) >= 11 is 0. The summed E-state index contributed by atoms with van der Waals surface area (Å²) in [6.45, 7) is 3.73. The maximum atomic E-state index is 13.9. The number of benzene rings is 1. The zero-order chi connectivity index (χ0) is 24.7. The van der Waals surface area contributed by atoms with Crippen LogP contribution in [0.4, 0.5) is 13.2 Å². The largest absolute Gasteiger partial charge is 0.503 e. The number of rotatable bonds is 5. The number of nitrogens with one attached hydrogen (secondary N) is 1. The smallest absolute Gasteiger partial charge is 0.274 e. The minimum absolute atomic E-state index is 0.132. The Labute approximate surface area is 192 Å². The molecule has 4 rings (SSSR count). The number of amides is 2. The van der Waals surface area contributed by atoms with Gasteiger partial charge < -0.3 is 24.6 Å². The van der Waals surface area contributed by atoms with E-state index in [9.17, 15) is 32.7 Å². The maximum absolute atomic E-state index is 13.9. The predicted molar refractivity (Wildman–Crippen MR) is 114 cm³/mol. The number of carbonyl (C=O) groups excluding carboxylic acids is 2. The molecule has 1 aromatic carbocycles. The summed E-state index contributed by atoms with van der Waals surface area (Å²) in [6.07, 6.45) is 2.13. The fraction of sp³-hybridized carbons (Fsp3) is 0.435. The van der Waals surface area contributed by atoms with Crippen LogP contribution in [0.3, 0.4) is 0 Å². The standard InChI is InChI=1S/C23H24F3N3O5/c1-3-34-18-5-4-11(2)28-10-17(18)29-9-14(20(30)21(31)19(29)23(28)33)22(32)27-8-13-15(25)6-12(24)7-16(13)26/h6-7,9,11,17-18,31H,3-5,8,10H2,1-2H3,(H,27,32)/t11-,17?,18-/m0/s1. The third-order valence-corrected chi connectivity index (χ3v) is 6.40. The van der Waals surface area contributed by atoms with Crippen LogP contribution in [0.2, 0.25) is 0 Å². The molecule has 1 saturated heterocycles. The molecular weight excluding hydrogens is 455 g/mol. The summed E-state index contributed by atoms with van der Waals surface area (Å²) in [5.41, 5.74) is -2.40. The van der Waals surface area contributed by atoms with Gasteiger partial charge in [0.2, 0.25) is 5.43 Å². The van der Waals surface area contributed by atoms with E-state index in [1.54, 1.807) is 4.90 Å². The molecule has 2 aromatic rings. The SMILES string of the molecule is CCO[C@H]1CC[C@H](C)N2CC1n1cc(C(=O)NCc3c(F)cc(F)cc3F)c(=O)c(O)c1C2=O. The molecule has 3 heterocycles. The molecule has 3 atom stereocenters. The van der Waals surface area contributed by atoms with Crippen LogP contribution in [-0.4, -0.2) is 51.7 Å². The lowest BCUT2D eigenvalue weighted by Crippen LogP contribution is -2.49. The van der Waals surface area contributed by atoms with E-state index in [-0.39, 0.29) is 24.4 Å². The first-order chi connectivity index (χ1) is 16.1. The molecule has 0 saturated carbocycles. The van der Waals surface area contributed by atoms with E-state index in [0.29, 0.717) is 31.6 Å². The highest BCUT2D eigenvalue weighted by atomic mass is 19.1. The Balaban J connectivity index is 1.72. The molecule has 2 amide bonds. The minimum Gasteiger partial charge on any atom is -0.503 e. The molecule has 0 radical (unpaired) electrons. The van der Waals surface area contributed by atoms with E-state index in [1.165, 1.54) is 10.8 Å². The minimum atomic E-state index is -1.19. The normalized spacial score (nSPS) is 21.7. The Morgan fingerprint density at radius 2 is 1.88 bits per heavy atom. The third kappa shape index (κ3) is 4.04. The molecule has 1 aromatic heterocycles. The Morgan fingerprint density at radius 3 is 2.53 bits per heavy atom. The molecule has 2 N–H and O–H groups in total. The number of halogens is 3. The van der Waals surface area contributed by atoms with Crippen LogP contribution in [0.5, 0.6) is 5.75 Å². The van der Waals surface area contributed by atoms with Crippen LogP contribution >= 0.6 is 0 Å². The zero-order valence-electron chi connectivity index (χ0n) is 18.6. The number of carbonyl (C=O) groups is 2. The molecule has 0 spiro atoms. The van der Waals surface area contributed by atoms with Crippen LogP contribution in [0.25, 0.3) is 0 Å². The Morgan fingerprint density at radius 1 is 1.21 bits per heavy atom. The molecule has 11 heteroatoms. The first-order valence-electron chi connectivity index (χ1n) is 11.0. The number of hydrogen-bond acceptors (Lipinski definition) is 5. The van der Waals surface area contributed by atoms with Crippen LogP contribution in [0.15, 0.2) is 23.1 Å². The van der Waals surface area contributed by atoms with Gasteiger partial charge in [-0.25, -0.2) is 13.2 Å². The number of nitrogens with zero attached hydrogens (tertiary/aromatic N) is 2. The number of pyridine rings is 1. The Bertz CT molecular complexity index is 1190. The number of hydrogen-bond donors (Lipinski definition) is 2. The van der Waals surface area contributed by atoms with Crippen molar-refractivity contribution in [3.63, 3.8) is 0 Å². The number of aromatic hydroxyl groups is 1. The number of fused-ring (bicyclic) bond motifs is 4. The fourth-order valence-corrected chi connectivity index (χ4v) is 4.61. The quantitative estimate of drug-likeness (QED) is 0.687. The molecule has 2 aliphatic rings. The molecule has 1 fully saturated rings. The summed E-state index contributed by atoms with van der Waals surface area (Å²) in [6, 6.07) is 0.361. The summed E-state index contributed by atoms with van der Waals surface area (Å²) in [5, 5.41) is 12.9. The third-order valence-electron chi connectivity index (χ3n) is 6.40. The van der Waals surface area contributed by atoms with Gasteiger partial charge in [-0.1, -0.05) is 0 Å². The second-order valence-corrected chi connectivity index (χ2v) is 8.45. The van der Waals surface area contributed by atoms with Crippen molar-refractivity contribution < 1.29 is 32.6 Å². The number of aromatic nitrogens is 1. The summed E-state index contributed by atoms with van der Waals surface area (Å²) in [5.74, 6) is -5.92. The fourth-order valence-electron chi connectivity index (χ4n) is 4.61. The molecule has 182 valence electrons. The topological polar surface area (TPSA) is 101 Å². The van der Waals surface area contributed by atoms with Gasteiger partial charge in [-0.15, -0.1) is 0 Å². The first kappa shape index (κ1) is 23.8. The second kappa shape index (κ2) is 9.13. The van der Waals surface area contributed by atoms with Gasteiger partial charge in [-0.05, 0) is 26.7 Å². The molecule has 34 heavy (non-hydrogen) atoms. The van der Waals surface area contributed by atoms with Crippen LogP contribution in [0.1, 0.15) is 59.1 Å². The van der Waals surface area contributed by atoms with Gasteiger partial charge in [-0.3, -0.25) is 14.4 Å².